The third-order valence-electron chi connectivity index (χ3n) is 4.64. The summed E-state index contributed by atoms with van der Waals surface area (Å²) in [5.41, 5.74) is 1.19. The third-order valence-corrected chi connectivity index (χ3v) is 4.64. The van der Waals surface area contributed by atoms with E-state index in [1.807, 2.05) is 18.2 Å². The average molecular weight is 320 g/mol. The quantitative estimate of drug-likeness (QED) is 0.734. The fraction of sp³-hybridized carbons (Fsp3) is 0.684. The number of likely N-dealkylation sites (N-methyl/N-ethyl adjacent to an activating group) is 1. The van der Waals surface area contributed by atoms with Gasteiger partial charge in [0.2, 0.25) is 0 Å². The molecule has 0 amide bonds. The zero-order valence-corrected chi connectivity index (χ0v) is 14.8. The first kappa shape index (κ1) is 18.2. The summed E-state index contributed by atoms with van der Waals surface area (Å²) >= 11 is 0. The monoisotopic (exact) mass is 320 g/mol. The number of benzene rings is 1. The predicted molar refractivity (Wildman–Crippen MR) is 95.2 cm³/mol. The summed E-state index contributed by atoms with van der Waals surface area (Å²) in [6.07, 6.45) is 2.07. The highest BCUT2D eigenvalue weighted by Crippen LogP contribution is 2.25. The molecule has 2 atom stereocenters. The van der Waals surface area contributed by atoms with E-state index in [0.29, 0.717) is 25.1 Å². The van der Waals surface area contributed by atoms with Crippen molar-refractivity contribution in [1.82, 2.24) is 10.2 Å². The van der Waals surface area contributed by atoms with Crippen LogP contribution in [0.5, 0.6) is 5.75 Å². The Morgan fingerprint density at radius 2 is 2.13 bits per heavy atom. The van der Waals surface area contributed by atoms with Gasteiger partial charge in [0.05, 0.1) is 0 Å². The van der Waals surface area contributed by atoms with Crippen LogP contribution in [0.3, 0.4) is 0 Å². The standard InChI is InChI=1S/C19H32N2O2/c1-4-21-11-7-8-16(21)12-20-13-17(22)14-23-19-10-6-5-9-18(19)15(2)3/h5-6,9-10,15-17,20,22H,4,7-8,11-14H2,1-3H3/t16-,17-/m1/s1. The smallest absolute Gasteiger partial charge is 0.122 e. The molecule has 1 saturated heterocycles. The number of aliphatic hydroxyl groups excluding tert-OH is 1. The normalized spacial score (nSPS) is 20.1. The molecule has 2 rings (SSSR count). The van der Waals surface area contributed by atoms with Crippen LogP contribution in [0, 0.1) is 0 Å². The van der Waals surface area contributed by atoms with Gasteiger partial charge in [-0.15, -0.1) is 0 Å². The van der Waals surface area contributed by atoms with Crippen molar-refractivity contribution in [2.45, 2.75) is 51.7 Å². The maximum atomic E-state index is 10.1. The molecule has 0 aromatic heterocycles. The van der Waals surface area contributed by atoms with E-state index in [-0.39, 0.29) is 0 Å². The molecule has 0 aliphatic carbocycles. The summed E-state index contributed by atoms with van der Waals surface area (Å²) in [4.78, 5) is 2.51. The lowest BCUT2D eigenvalue weighted by atomic mass is 10.0. The van der Waals surface area contributed by atoms with Crippen LogP contribution >= 0.6 is 0 Å². The number of ether oxygens (including phenoxy) is 1. The van der Waals surface area contributed by atoms with Crippen molar-refractivity contribution >= 4 is 0 Å². The molecular formula is C19H32N2O2. The molecule has 0 radical (unpaired) electrons. The molecule has 1 aliphatic rings. The van der Waals surface area contributed by atoms with Gasteiger partial charge >= 0.3 is 0 Å². The Morgan fingerprint density at radius 1 is 1.35 bits per heavy atom. The number of nitrogens with one attached hydrogen (secondary N) is 1. The third kappa shape index (κ3) is 5.48. The summed E-state index contributed by atoms with van der Waals surface area (Å²) in [5, 5.41) is 13.5. The molecule has 0 bridgehead atoms. The van der Waals surface area contributed by atoms with E-state index in [1.54, 1.807) is 0 Å². The first-order valence-corrected chi connectivity index (χ1v) is 8.96. The van der Waals surface area contributed by atoms with Gasteiger partial charge in [-0.1, -0.05) is 39.0 Å². The van der Waals surface area contributed by atoms with Crippen LogP contribution in [0.1, 0.15) is 45.1 Å². The SMILES string of the molecule is CCN1CCC[C@@H]1CNC[C@@H](O)COc1ccccc1C(C)C. The lowest BCUT2D eigenvalue weighted by Gasteiger charge is -2.23. The summed E-state index contributed by atoms with van der Waals surface area (Å²) in [5.74, 6) is 1.30. The topological polar surface area (TPSA) is 44.7 Å². The van der Waals surface area contributed by atoms with Gasteiger partial charge in [0.1, 0.15) is 18.5 Å². The predicted octanol–water partition coefficient (Wildman–Crippen LogP) is 2.62. The lowest BCUT2D eigenvalue weighted by Crippen LogP contribution is -2.41. The number of aliphatic hydroxyl groups is 1. The van der Waals surface area contributed by atoms with E-state index in [9.17, 15) is 5.11 Å². The minimum Gasteiger partial charge on any atom is -0.491 e. The van der Waals surface area contributed by atoms with Crippen LogP contribution in [0.2, 0.25) is 0 Å². The van der Waals surface area contributed by atoms with Crippen molar-refractivity contribution in [2.24, 2.45) is 0 Å². The molecule has 4 heteroatoms. The lowest BCUT2D eigenvalue weighted by molar-refractivity contribution is 0.104. The molecule has 0 unspecified atom stereocenters. The maximum Gasteiger partial charge on any atom is 0.122 e. The Hall–Kier alpha value is -1.10. The van der Waals surface area contributed by atoms with Crippen LogP contribution in [0.15, 0.2) is 24.3 Å². The molecule has 23 heavy (non-hydrogen) atoms. The molecule has 1 aliphatic heterocycles. The largest absolute Gasteiger partial charge is 0.491 e. The second-order valence-electron chi connectivity index (χ2n) is 6.74. The second kappa shape index (κ2) is 9.26. The first-order valence-electron chi connectivity index (χ1n) is 8.96. The molecule has 0 saturated carbocycles. The zero-order valence-electron chi connectivity index (χ0n) is 14.8. The van der Waals surface area contributed by atoms with Gasteiger partial charge in [0.25, 0.3) is 0 Å². The van der Waals surface area contributed by atoms with Gasteiger partial charge in [0.15, 0.2) is 0 Å². The number of nitrogens with zero attached hydrogens (tertiary/aromatic N) is 1. The van der Waals surface area contributed by atoms with Crippen LogP contribution in [0.4, 0.5) is 0 Å². The van der Waals surface area contributed by atoms with Crippen molar-refractivity contribution < 1.29 is 9.84 Å². The molecule has 1 aromatic carbocycles. The van der Waals surface area contributed by atoms with Gasteiger partial charge in [-0.2, -0.15) is 0 Å². The van der Waals surface area contributed by atoms with E-state index in [1.165, 1.54) is 24.9 Å². The minimum atomic E-state index is -0.480. The van der Waals surface area contributed by atoms with Crippen LogP contribution < -0.4 is 10.1 Å². The minimum absolute atomic E-state index is 0.332. The Morgan fingerprint density at radius 3 is 2.87 bits per heavy atom. The first-order chi connectivity index (χ1) is 11.1. The van der Waals surface area contributed by atoms with Gasteiger partial charge in [-0.3, -0.25) is 4.90 Å². The molecule has 1 fully saturated rings. The Bertz CT molecular complexity index is 464. The molecule has 2 N–H and O–H groups in total. The average Bonchev–Trinajstić information content (AvgIpc) is 3.00. The van der Waals surface area contributed by atoms with E-state index in [2.05, 4.69) is 37.1 Å². The second-order valence-corrected chi connectivity index (χ2v) is 6.74. The zero-order chi connectivity index (χ0) is 16.7. The number of likely N-dealkylation sites (tertiary alicyclic amines) is 1. The van der Waals surface area contributed by atoms with Gasteiger partial charge < -0.3 is 15.2 Å². The summed E-state index contributed by atoms with van der Waals surface area (Å²) in [6.45, 7) is 10.7. The molecule has 0 spiro atoms. The van der Waals surface area contributed by atoms with Crippen LogP contribution in [-0.2, 0) is 0 Å². The fourth-order valence-corrected chi connectivity index (χ4v) is 3.29. The van der Waals surface area contributed by atoms with E-state index in [0.717, 1.165) is 18.8 Å². The molecule has 4 nitrogen and oxygen atoms in total. The summed E-state index contributed by atoms with van der Waals surface area (Å²) in [6, 6.07) is 8.69. The van der Waals surface area contributed by atoms with Crippen LogP contribution in [0.25, 0.3) is 0 Å². The van der Waals surface area contributed by atoms with Crippen molar-refractivity contribution in [3.8, 4) is 5.75 Å². The Balaban J connectivity index is 1.70. The van der Waals surface area contributed by atoms with Gasteiger partial charge in [-0.25, -0.2) is 0 Å². The summed E-state index contributed by atoms with van der Waals surface area (Å²) in [7, 11) is 0. The molecular weight excluding hydrogens is 288 g/mol. The van der Waals surface area contributed by atoms with Crippen molar-refractivity contribution in [3.05, 3.63) is 29.8 Å². The highest BCUT2D eigenvalue weighted by atomic mass is 16.5. The summed E-state index contributed by atoms with van der Waals surface area (Å²) < 4.78 is 5.82. The number of hydrogen-bond acceptors (Lipinski definition) is 4. The highest BCUT2D eigenvalue weighted by molar-refractivity contribution is 5.35. The van der Waals surface area contributed by atoms with Crippen molar-refractivity contribution in [3.63, 3.8) is 0 Å². The Kier molecular flexibility index (Phi) is 7.34. The van der Waals surface area contributed by atoms with Crippen molar-refractivity contribution in [1.29, 1.82) is 0 Å². The Labute approximate surface area is 140 Å². The molecule has 1 aromatic rings. The number of rotatable bonds is 9. The van der Waals surface area contributed by atoms with Gasteiger partial charge in [-0.05, 0) is 43.5 Å². The maximum absolute atomic E-state index is 10.1. The highest BCUT2D eigenvalue weighted by Gasteiger charge is 2.22. The number of para-hydroxylation sites is 1. The van der Waals surface area contributed by atoms with Crippen LogP contribution in [-0.4, -0.2) is 54.9 Å². The number of hydrogen-bond donors (Lipinski definition) is 2. The van der Waals surface area contributed by atoms with E-state index in [4.69, 9.17) is 4.74 Å². The van der Waals surface area contributed by atoms with Crippen molar-refractivity contribution in [2.75, 3.05) is 32.8 Å². The molecule has 1 heterocycles. The van der Waals surface area contributed by atoms with E-state index < -0.39 is 6.10 Å². The van der Waals surface area contributed by atoms with Gasteiger partial charge in [0, 0.05) is 19.1 Å². The molecule has 130 valence electrons. The van der Waals surface area contributed by atoms with E-state index >= 15 is 0 Å². The fourth-order valence-electron chi connectivity index (χ4n) is 3.29.